The van der Waals surface area contributed by atoms with Crippen molar-refractivity contribution in [3.8, 4) is 0 Å². The van der Waals surface area contributed by atoms with Crippen molar-refractivity contribution in [2.24, 2.45) is 5.73 Å². The molecule has 0 aromatic carbocycles. The highest BCUT2D eigenvalue weighted by atomic mass is 32.1. The first-order chi connectivity index (χ1) is 7.49. The molecular weight excluding hydrogens is 220 g/mol. The molecule has 16 heavy (non-hydrogen) atoms. The van der Waals surface area contributed by atoms with Crippen LogP contribution in [-0.2, 0) is 23.1 Å². The summed E-state index contributed by atoms with van der Waals surface area (Å²) < 4.78 is 5.05. The fourth-order valence-electron chi connectivity index (χ4n) is 1.60. The molecule has 4 heteroatoms. The quantitative estimate of drug-likeness (QED) is 0.807. The highest BCUT2D eigenvalue weighted by molar-refractivity contribution is 7.11. The van der Waals surface area contributed by atoms with E-state index < -0.39 is 0 Å². The third kappa shape index (κ3) is 3.54. The average Bonchev–Trinajstić information content (AvgIpc) is 2.61. The molecule has 1 aromatic heterocycles. The van der Waals surface area contributed by atoms with Gasteiger partial charge in [0.05, 0.1) is 10.7 Å². The zero-order valence-electron chi connectivity index (χ0n) is 10.7. The fraction of sp³-hybridized carbons (Fsp3) is 0.750. The van der Waals surface area contributed by atoms with Crippen molar-refractivity contribution in [2.45, 2.75) is 45.6 Å². The molecule has 1 rings (SSSR count). The average molecular weight is 242 g/mol. The van der Waals surface area contributed by atoms with Crippen molar-refractivity contribution in [1.82, 2.24) is 4.98 Å². The Morgan fingerprint density at radius 2 is 2.06 bits per heavy atom. The van der Waals surface area contributed by atoms with Gasteiger partial charge in [-0.2, -0.15) is 0 Å². The second-order valence-electron chi connectivity index (χ2n) is 4.93. The SMILES string of the molecule is COCCCc1nc(C(C)(C)C)c(CN)s1. The van der Waals surface area contributed by atoms with Crippen LogP contribution in [0.2, 0.25) is 0 Å². The van der Waals surface area contributed by atoms with Crippen LogP contribution in [0.5, 0.6) is 0 Å². The molecule has 0 aliphatic heterocycles. The highest BCUT2D eigenvalue weighted by Gasteiger charge is 2.22. The zero-order chi connectivity index (χ0) is 12.2. The number of aryl methyl sites for hydroxylation is 1. The van der Waals surface area contributed by atoms with Gasteiger partial charge in [0.2, 0.25) is 0 Å². The summed E-state index contributed by atoms with van der Waals surface area (Å²) in [5.74, 6) is 0. The molecule has 2 N–H and O–H groups in total. The Balaban J connectivity index is 2.78. The van der Waals surface area contributed by atoms with E-state index in [9.17, 15) is 0 Å². The van der Waals surface area contributed by atoms with Crippen LogP contribution in [0, 0.1) is 0 Å². The molecule has 0 atom stereocenters. The fourth-order valence-corrected chi connectivity index (χ4v) is 2.80. The van der Waals surface area contributed by atoms with E-state index in [1.165, 1.54) is 9.88 Å². The van der Waals surface area contributed by atoms with Gasteiger partial charge in [0, 0.05) is 37.0 Å². The van der Waals surface area contributed by atoms with Crippen molar-refractivity contribution in [1.29, 1.82) is 0 Å². The molecule has 0 fully saturated rings. The highest BCUT2D eigenvalue weighted by Crippen LogP contribution is 2.29. The van der Waals surface area contributed by atoms with Crippen molar-refractivity contribution in [2.75, 3.05) is 13.7 Å². The molecule has 1 heterocycles. The normalized spacial score (nSPS) is 12.1. The van der Waals surface area contributed by atoms with E-state index in [4.69, 9.17) is 15.5 Å². The third-order valence-electron chi connectivity index (χ3n) is 2.38. The Labute approximate surface area is 102 Å². The number of methoxy groups -OCH3 is 1. The minimum absolute atomic E-state index is 0.0880. The van der Waals surface area contributed by atoms with Crippen LogP contribution in [0.3, 0.4) is 0 Å². The molecule has 0 unspecified atom stereocenters. The lowest BCUT2D eigenvalue weighted by Gasteiger charge is -2.16. The van der Waals surface area contributed by atoms with Crippen LogP contribution in [0.15, 0.2) is 0 Å². The monoisotopic (exact) mass is 242 g/mol. The minimum Gasteiger partial charge on any atom is -0.385 e. The number of thiazole rings is 1. The van der Waals surface area contributed by atoms with Gasteiger partial charge >= 0.3 is 0 Å². The van der Waals surface area contributed by atoms with E-state index in [1.807, 2.05) is 0 Å². The first-order valence-corrected chi connectivity index (χ1v) is 6.48. The van der Waals surface area contributed by atoms with Gasteiger partial charge in [0.25, 0.3) is 0 Å². The first-order valence-electron chi connectivity index (χ1n) is 5.67. The van der Waals surface area contributed by atoms with Crippen molar-refractivity contribution >= 4 is 11.3 Å². The summed E-state index contributed by atoms with van der Waals surface area (Å²) in [6.07, 6.45) is 2.01. The summed E-state index contributed by atoms with van der Waals surface area (Å²) in [7, 11) is 1.73. The predicted octanol–water partition coefficient (Wildman–Crippen LogP) is 2.48. The molecule has 92 valence electrons. The summed E-state index contributed by atoms with van der Waals surface area (Å²) >= 11 is 1.75. The first kappa shape index (κ1) is 13.6. The third-order valence-corrected chi connectivity index (χ3v) is 3.51. The molecule has 0 aliphatic rings. The van der Waals surface area contributed by atoms with Gasteiger partial charge in [-0.25, -0.2) is 4.98 Å². The number of hydrogen-bond acceptors (Lipinski definition) is 4. The second-order valence-corrected chi connectivity index (χ2v) is 6.10. The molecule has 0 bridgehead atoms. The Morgan fingerprint density at radius 3 is 2.50 bits per heavy atom. The zero-order valence-corrected chi connectivity index (χ0v) is 11.5. The molecule has 0 radical (unpaired) electrons. The summed E-state index contributed by atoms with van der Waals surface area (Å²) in [6.45, 7) is 7.93. The minimum atomic E-state index is 0.0880. The molecule has 0 saturated carbocycles. The van der Waals surface area contributed by atoms with Crippen LogP contribution in [0.1, 0.15) is 42.8 Å². The second kappa shape index (κ2) is 5.75. The molecule has 1 aromatic rings. The molecule has 0 amide bonds. The maximum Gasteiger partial charge on any atom is 0.0932 e. The van der Waals surface area contributed by atoms with Crippen molar-refractivity contribution in [3.05, 3.63) is 15.6 Å². The number of hydrogen-bond donors (Lipinski definition) is 1. The van der Waals surface area contributed by atoms with Gasteiger partial charge in [-0.05, 0) is 6.42 Å². The largest absolute Gasteiger partial charge is 0.385 e. The van der Waals surface area contributed by atoms with E-state index in [0.29, 0.717) is 6.54 Å². The maximum atomic E-state index is 5.76. The summed E-state index contributed by atoms with van der Waals surface area (Å²) in [5.41, 5.74) is 7.01. The Bertz CT molecular complexity index is 328. The predicted molar refractivity (Wildman–Crippen MR) is 68.9 cm³/mol. The summed E-state index contributed by atoms with van der Waals surface area (Å²) in [5, 5.41) is 1.18. The van der Waals surface area contributed by atoms with Gasteiger partial charge in [-0.15, -0.1) is 11.3 Å². The molecule has 0 spiro atoms. The van der Waals surface area contributed by atoms with Crippen LogP contribution < -0.4 is 5.73 Å². The van der Waals surface area contributed by atoms with Gasteiger partial charge in [-0.1, -0.05) is 20.8 Å². The van der Waals surface area contributed by atoms with E-state index in [-0.39, 0.29) is 5.41 Å². The standard InChI is InChI=1S/C12H22N2OS/c1-12(2,3)11-9(8-13)16-10(14-11)6-5-7-15-4/h5-8,13H2,1-4H3. The Hall–Kier alpha value is -0.450. The number of nitrogens with two attached hydrogens (primary N) is 1. The van der Waals surface area contributed by atoms with Crippen molar-refractivity contribution < 1.29 is 4.74 Å². The van der Waals surface area contributed by atoms with E-state index in [2.05, 4.69) is 20.8 Å². The lowest BCUT2D eigenvalue weighted by molar-refractivity contribution is 0.195. The van der Waals surface area contributed by atoms with Gasteiger partial charge in [0.1, 0.15) is 0 Å². The summed E-state index contributed by atoms with van der Waals surface area (Å²) in [6, 6.07) is 0. The molecule has 0 saturated heterocycles. The molecule has 0 aliphatic carbocycles. The number of rotatable bonds is 5. The topological polar surface area (TPSA) is 48.1 Å². The number of ether oxygens (including phenoxy) is 1. The Kier molecular flexibility index (Phi) is 4.89. The summed E-state index contributed by atoms with van der Waals surface area (Å²) in [4.78, 5) is 5.93. The number of nitrogens with zero attached hydrogens (tertiary/aromatic N) is 1. The van der Waals surface area contributed by atoms with Gasteiger partial charge in [0.15, 0.2) is 0 Å². The van der Waals surface area contributed by atoms with Gasteiger partial charge in [-0.3, -0.25) is 0 Å². The number of aromatic nitrogens is 1. The molecular formula is C12H22N2OS. The molecule has 3 nitrogen and oxygen atoms in total. The van der Waals surface area contributed by atoms with Crippen LogP contribution in [0.4, 0.5) is 0 Å². The van der Waals surface area contributed by atoms with Crippen LogP contribution in [-0.4, -0.2) is 18.7 Å². The lowest BCUT2D eigenvalue weighted by atomic mass is 9.91. The van der Waals surface area contributed by atoms with Crippen LogP contribution >= 0.6 is 11.3 Å². The lowest BCUT2D eigenvalue weighted by Crippen LogP contribution is -2.15. The van der Waals surface area contributed by atoms with Crippen molar-refractivity contribution in [3.63, 3.8) is 0 Å². The Morgan fingerprint density at radius 1 is 1.38 bits per heavy atom. The maximum absolute atomic E-state index is 5.76. The van der Waals surface area contributed by atoms with Gasteiger partial charge < -0.3 is 10.5 Å². The van der Waals surface area contributed by atoms with E-state index in [0.717, 1.165) is 25.1 Å². The van der Waals surface area contributed by atoms with E-state index >= 15 is 0 Å². The smallest absolute Gasteiger partial charge is 0.0932 e. The van der Waals surface area contributed by atoms with Crippen LogP contribution in [0.25, 0.3) is 0 Å². The van der Waals surface area contributed by atoms with E-state index in [1.54, 1.807) is 18.4 Å².